The van der Waals surface area contributed by atoms with Gasteiger partial charge in [-0.15, -0.1) is 0 Å². The van der Waals surface area contributed by atoms with E-state index < -0.39 is 0 Å². The second-order valence-corrected chi connectivity index (χ2v) is 3.79. The summed E-state index contributed by atoms with van der Waals surface area (Å²) in [5.74, 6) is 0. The van der Waals surface area contributed by atoms with Crippen LogP contribution < -0.4 is 0 Å². The Bertz CT molecular complexity index is 401. The van der Waals surface area contributed by atoms with Crippen LogP contribution in [0.15, 0.2) is 47.3 Å². The molecule has 0 N–H and O–H groups in total. The van der Waals surface area contributed by atoms with E-state index in [1.807, 2.05) is 6.07 Å². The van der Waals surface area contributed by atoms with Gasteiger partial charge in [-0.05, 0) is 23.6 Å². The molecule has 16 heavy (non-hydrogen) atoms. The molecule has 1 heterocycles. The fraction of sp³-hybridized carbons (Fsp3) is 0.286. The normalized spacial score (nSPS) is 10.6. The summed E-state index contributed by atoms with van der Waals surface area (Å²) in [6.45, 7) is 3.41. The topological polar surface area (TPSA) is 22.4 Å². The van der Waals surface area contributed by atoms with Gasteiger partial charge < -0.3 is 9.15 Å². The molecule has 0 saturated heterocycles. The molecule has 2 rings (SSSR count). The highest BCUT2D eigenvalue weighted by Gasteiger charge is 1.96. The van der Waals surface area contributed by atoms with Gasteiger partial charge in [0.25, 0.3) is 0 Å². The standard InChI is InChI=1S/C14H16O2/c1-2-12-3-5-13(6-4-12)9-16-11-14-7-8-15-10-14/h3-8,10H,2,9,11H2,1H3. The van der Waals surface area contributed by atoms with Crippen molar-refractivity contribution in [2.24, 2.45) is 0 Å². The van der Waals surface area contributed by atoms with Crippen LogP contribution in [-0.2, 0) is 24.4 Å². The largest absolute Gasteiger partial charge is 0.472 e. The molecule has 2 heteroatoms. The van der Waals surface area contributed by atoms with E-state index in [2.05, 4.69) is 31.2 Å². The summed E-state index contributed by atoms with van der Waals surface area (Å²) in [6, 6.07) is 10.5. The predicted molar refractivity (Wildman–Crippen MR) is 63.0 cm³/mol. The molecule has 0 amide bonds. The number of ether oxygens (including phenoxy) is 1. The van der Waals surface area contributed by atoms with E-state index in [1.165, 1.54) is 11.1 Å². The van der Waals surface area contributed by atoms with Crippen LogP contribution in [0.2, 0.25) is 0 Å². The Morgan fingerprint density at radius 2 is 1.62 bits per heavy atom. The SMILES string of the molecule is CCc1ccc(COCc2ccoc2)cc1. The van der Waals surface area contributed by atoms with E-state index in [0.29, 0.717) is 13.2 Å². The molecule has 2 aromatic rings. The van der Waals surface area contributed by atoms with E-state index in [-0.39, 0.29) is 0 Å². The van der Waals surface area contributed by atoms with Gasteiger partial charge in [0, 0.05) is 5.56 Å². The molecule has 0 aliphatic carbocycles. The Kier molecular flexibility index (Phi) is 3.78. The van der Waals surface area contributed by atoms with Crippen LogP contribution in [0.1, 0.15) is 23.6 Å². The number of benzene rings is 1. The third kappa shape index (κ3) is 2.97. The molecular formula is C14H16O2. The van der Waals surface area contributed by atoms with Gasteiger partial charge in [0.15, 0.2) is 0 Å². The predicted octanol–water partition coefficient (Wildman–Crippen LogP) is 3.56. The maximum absolute atomic E-state index is 5.58. The van der Waals surface area contributed by atoms with Gasteiger partial charge in [-0.1, -0.05) is 31.2 Å². The fourth-order valence-electron chi connectivity index (χ4n) is 1.53. The Morgan fingerprint density at radius 3 is 2.25 bits per heavy atom. The summed E-state index contributed by atoms with van der Waals surface area (Å²) in [5, 5.41) is 0. The number of rotatable bonds is 5. The van der Waals surface area contributed by atoms with E-state index in [1.54, 1.807) is 12.5 Å². The monoisotopic (exact) mass is 216 g/mol. The number of aryl methyl sites for hydroxylation is 1. The van der Waals surface area contributed by atoms with Gasteiger partial charge in [0.05, 0.1) is 25.7 Å². The van der Waals surface area contributed by atoms with Crippen LogP contribution in [0.5, 0.6) is 0 Å². The lowest BCUT2D eigenvalue weighted by Crippen LogP contribution is -1.93. The van der Waals surface area contributed by atoms with Crippen molar-refractivity contribution < 1.29 is 9.15 Å². The molecule has 0 aliphatic heterocycles. The zero-order chi connectivity index (χ0) is 11.2. The molecule has 0 fully saturated rings. The lowest BCUT2D eigenvalue weighted by molar-refractivity contribution is 0.107. The number of furan rings is 1. The third-order valence-electron chi connectivity index (χ3n) is 2.55. The minimum atomic E-state index is 0.603. The molecule has 0 atom stereocenters. The van der Waals surface area contributed by atoms with Crippen molar-refractivity contribution >= 4 is 0 Å². The highest BCUT2D eigenvalue weighted by Crippen LogP contribution is 2.08. The molecule has 1 aromatic carbocycles. The molecule has 0 aliphatic rings. The number of hydrogen-bond acceptors (Lipinski definition) is 2. The molecule has 1 aromatic heterocycles. The van der Waals surface area contributed by atoms with E-state index >= 15 is 0 Å². The smallest absolute Gasteiger partial charge is 0.0957 e. The van der Waals surface area contributed by atoms with Crippen LogP contribution in [-0.4, -0.2) is 0 Å². The zero-order valence-electron chi connectivity index (χ0n) is 9.48. The summed E-state index contributed by atoms with van der Waals surface area (Å²) >= 11 is 0. The van der Waals surface area contributed by atoms with Crippen LogP contribution in [0.25, 0.3) is 0 Å². The van der Waals surface area contributed by atoms with Crippen molar-refractivity contribution in [3.63, 3.8) is 0 Å². The molecule has 84 valence electrons. The first kappa shape index (κ1) is 11.0. The molecule has 0 radical (unpaired) electrons. The first-order valence-electron chi connectivity index (χ1n) is 5.55. The van der Waals surface area contributed by atoms with Crippen molar-refractivity contribution in [1.29, 1.82) is 0 Å². The molecule has 0 bridgehead atoms. The van der Waals surface area contributed by atoms with Crippen LogP contribution >= 0.6 is 0 Å². The quantitative estimate of drug-likeness (QED) is 0.762. The van der Waals surface area contributed by atoms with Gasteiger partial charge in [-0.2, -0.15) is 0 Å². The molecule has 0 unspecified atom stereocenters. The van der Waals surface area contributed by atoms with Crippen LogP contribution in [0, 0.1) is 0 Å². The van der Waals surface area contributed by atoms with Crippen molar-refractivity contribution in [3.05, 3.63) is 59.5 Å². The lowest BCUT2D eigenvalue weighted by atomic mass is 10.1. The van der Waals surface area contributed by atoms with E-state index in [0.717, 1.165) is 12.0 Å². The van der Waals surface area contributed by atoms with Crippen LogP contribution in [0.4, 0.5) is 0 Å². The first-order valence-corrected chi connectivity index (χ1v) is 5.55. The Labute approximate surface area is 95.9 Å². The summed E-state index contributed by atoms with van der Waals surface area (Å²) in [4.78, 5) is 0. The van der Waals surface area contributed by atoms with Crippen molar-refractivity contribution in [2.75, 3.05) is 0 Å². The summed E-state index contributed by atoms with van der Waals surface area (Å²) in [5.41, 5.74) is 3.64. The van der Waals surface area contributed by atoms with Gasteiger partial charge in [0.1, 0.15) is 0 Å². The van der Waals surface area contributed by atoms with Gasteiger partial charge >= 0.3 is 0 Å². The first-order chi connectivity index (χ1) is 7.88. The molecule has 2 nitrogen and oxygen atoms in total. The Morgan fingerprint density at radius 1 is 0.938 bits per heavy atom. The van der Waals surface area contributed by atoms with Gasteiger partial charge in [0.2, 0.25) is 0 Å². The maximum Gasteiger partial charge on any atom is 0.0957 e. The second kappa shape index (κ2) is 5.52. The molecule has 0 saturated carbocycles. The summed E-state index contributed by atoms with van der Waals surface area (Å²) in [6.07, 6.45) is 4.45. The minimum Gasteiger partial charge on any atom is -0.472 e. The van der Waals surface area contributed by atoms with E-state index in [4.69, 9.17) is 9.15 Å². The van der Waals surface area contributed by atoms with Gasteiger partial charge in [-0.3, -0.25) is 0 Å². The number of hydrogen-bond donors (Lipinski definition) is 0. The average molecular weight is 216 g/mol. The van der Waals surface area contributed by atoms with E-state index in [9.17, 15) is 0 Å². The summed E-state index contributed by atoms with van der Waals surface area (Å²) < 4.78 is 10.5. The van der Waals surface area contributed by atoms with Crippen molar-refractivity contribution in [1.82, 2.24) is 0 Å². The Hall–Kier alpha value is -1.54. The highest BCUT2D eigenvalue weighted by molar-refractivity contribution is 5.21. The third-order valence-corrected chi connectivity index (χ3v) is 2.55. The minimum absolute atomic E-state index is 0.603. The lowest BCUT2D eigenvalue weighted by Gasteiger charge is -2.03. The Balaban J connectivity index is 1.81. The zero-order valence-corrected chi connectivity index (χ0v) is 9.48. The van der Waals surface area contributed by atoms with Crippen molar-refractivity contribution in [3.8, 4) is 0 Å². The highest BCUT2D eigenvalue weighted by atomic mass is 16.5. The summed E-state index contributed by atoms with van der Waals surface area (Å²) in [7, 11) is 0. The maximum atomic E-state index is 5.58. The van der Waals surface area contributed by atoms with Crippen molar-refractivity contribution in [2.45, 2.75) is 26.6 Å². The van der Waals surface area contributed by atoms with Crippen LogP contribution in [0.3, 0.4) is 0 Å². The fourth-order valence-corrected chi connectivity index (χ4v) is 1.53. The average Bonchev–Trinajstić information content (AvgIpc) is 2.83. The molecule has 0 spiro atoms. The molecular weight excluding hydrogens is 200 g/mol. The van der Waals surface area contributed by atoms with Gasteiger partial charge in [-0.25, -0.2) is 0 Å². The second-order valence-electron chi connectivity index (χ2n) is 3.79.